The number of ketones is 2. The van der Waals surface area contributed by atoms with Gasteiger partial charge in [-0.3, -0.25) is 9.59 Å². The summed E-state index contributed by atoms with van der Waals surface area (Å²) in [6.45, 7) is 1.99. The number of carbonyl (C=O) groups excluding carboxylic acids is 2. The van der Waals surface area contributed by atoms with Gasteiger partial charge in [-0.15, -0.1) is 0 Å². The number of fused-ring (bicyclic) bond motifs is 3. The van der Waals surface area contributed by atoms with E-state index in [1.54, 1.807) is 12.1 Å². The van der Waals surface area contributed by atoms with Crippen LogP contribution in [0.1, 0.15) is 50.8 Å². The van der Waals surface area contributed by atoms with E-state index in [1.807, 2.05) is 6.92 Å². The van der Waals surface area contributed by atoms with Crippen molar-refractivity contribution in [3.63, 3.8) is 0 Å². The van der Waals surface area contributed by atoms with Crippen LogP contribution in [0.15, 0.2) is 36.4 Å². The van der Waals surface area contributed by atoms with Crippen LogP contribution < -0.4 is 0 Å². The van der Waals surface area contributed by atoms with Crippen LogP contribution in [0.4, 0.5) is 0 Å². The number of aryl methyl sites for hydroxylation is 1. The fraction of sp³-hybridized carbons (Fsp3) is 0.143. The molecule has 1 aliphatic rings. The highest BCUT2D eigenvalue weighted by Gasteiger charge is 2.35. The van der Waals surface area contributed by atoms with Crippen LogP contribution in [0.25, 0.3) is 10.8 Å². The second kappa shape index (κ2) is 5.59. The van der Waals surface area contributed by atoms with Crippen molar-refractivity contribution >= 4 is 22.3 Å². The molecule has 0 spiro atoms. The summed E-state index contributed by atoms with van der Waals surface area (Å²) in [4.78, 5) is 25.7. The molecular formula is C21H16O5. The lowest BCUT2D eigenvalue weighted by molar-refractivity contribution is 0.0974. The van der Waals surface area contributed by atoms with Gasteiger partial charge in [-0.2, -0.15) is 0 Å². The molecule has 5 heteroatoms. The molecule has 0 aliphatic heterocycles. The van der Waals surface area contributed by atoms with Crippen LogP contribution in [-0.4, -0.2) is 26.9 Å². The molecule has 0 heterocycles. The van der Waals surface area contributed by atoms with Crippen LogP contribution in [0.5, 0.6) is 17.2 Å². The molecule has 0 atom stereocenters. The number of phenolic OH excluding ortho intramolecular Hbond substituents is 3. The zero-order valence-electron chi connectivity index (χ0n) is 14.0. The van der Waals surface area contributed by atoms with Gasteiger partial charge in [0.2, 0.25) is 5.78 Å². The average molecular weight is 348 g/mol. The van der Waals surface area contributed by atoms with E-state index in [2.05, 4.69) is 0 Å². The minimum atomic E-state index is -0.607. The lowest BCUT2D eigenvalue weighted by atomic mass is 9.81. The smallest absolute Gasteiger partial charge is 0.201 e. The third-order valence-electron chi connectivity index (χ3n) is 4.86. The van der Waals surface area contributed by atoms with Crippen molar-refractivity contribution < 1.29 is 24.9 Å². The third-order valence-corrected chi connectivity index (χ3v) is 4.86. The van der Waals surface area contributed by atoms with Crippen LogP contribution in [-0.2, 0) is 6.42 Å². The highest BCUT2D eigenvalue weighted by molar-refractivity contribution is 6.32. The first-order valence-corrected chi connectivity index (χ1v) is 8.37. The van der Waals surface area contributed by atoms with Crippen molar-refractivity contribution in [2.75, 3.05) is 0 Å². The summed E-state index contributed by atoms with van der Waals surface area (Å²) >= 11 is 0. The second-order valence-electron chi connectivity index (χ2n) is 6.42. The van der Waals surface area contributed by atoms with E-state index in [0.717, 1.165) is 6.42 Å². The van der Waals surface area contributed by atoms with Crippen molar-refractivity contribution in [2.24, 2.45) is 0 Å². The SMILES string of the molecule is CCCc1ccc2c(O)c3c(cc2c1O)C(=O)c1cccc(O)c1C3=O. The van der Waals surface area contributed by atoms with E-state index in [9.17, 15) is 24.9 Å². The predicted molar refractivity (Wildman–Crippen MR) is 96.2 cm³/mol. The van der Waals surface area contributed by atoms with Gasteiger partial charge < -0.3 is 15.3 Å². The minimum Gasteiger partial charge on any atom is -0.507 e. The second-order valence-corrected chi connectivity index (χ2v) is 6.42. The molecule has 0 aromatic heterocycles. The van der Waals surface area contributed by atoms with Gasteiger partial charge in [-0.25, -0.2) is 0 Å². The Labute approximate surface area is 149 Å². The maximum atomic E-state index is 12.9. The molecule has 5 nitrogen and oxygen atoms in total. The Kier molecular flexibility index (Phi) is 3.47. The van der Waals surface area contributed by atoms with Crippen molar-refractivity contribution in [3.8, 4) is 17.2 Å². The number of benzene rings is 3. The van der Waals surface area contributed by atoms with E-state index >= 15 is 0 Å². The minimum absolute atomic E-state index is 0.00408. The van der Waals surface area contributed by atoms with E-state index in [1.165, 1.54) is 24.3 Å². The molecule has 3 N–H and O–H groups in total. The molecule has 0 bridgehead atoms. The maximum absolute atomic E-state index is 12.9. The van der Waals surface area contributed by atoms with Crippen molar-refractivity contribution in [1.29, 1.82) is 0 Å². The quantitative estimate of drug-likeness (QED) is 0.514. The molecule has 0 radical (unpaired) electrons. The van der Waals surface area contributed by atoms with E-state index in [-0.39, 0.29) is 39.5 Å². The van der Waals surface area contributed by atoms with Gasteiger partial charge in [-0.1, -0.05) is 37.6 Å². The van der Waals surface area contributed by atoms with Crippen molar-refractivity contribution in [1.82, 2.24) is 0 Å². The summed E-state index contributed by atoms with van der Waals surface area (Å²) in [5, 5.41) is 31.9. The zero-order chi connectivity index (χ0) is 18.6. The normalized spacial score (nSPS) is 13.0. The molecule has 130 valence electrons. The Morgan fingerprint density at radius 3 is 2.31 bits per heavy atom. The topological polar surface area (TPSA) is 94.8 Å². The first-order valence-electron chi connectivity index (χ1n) is 8.37. The number of hydrogen-bond donors (Lipinski definition) is 3. The summed E-state index contributed by atoms with van der Waals surface area (Å²) in [6, 6.07) is 9.07. The lowest BCUT2D eigenvalue weighted by Gasteiger charge is -2.21. The van der Waals surface area contributed by atoms with E-state index in [4.69, 9.17) is 0 Å². The molecule has 0 fully saturated rings. The highest BCUT2D eigenvalue weighted by Crippen LogP contribution is 2.43. The molecule has 0 saturated carbocycles. The predicted octanol–water partition coefficient (Wildman–Crippen LogP) is 3.68. The Bertz CT molecular complexity index is 1110. The Morgan fingerprint density at radius 2 is 1.58 bits per heavy atom. The lowest BCUT2D eigenvalue weighted by Crippen LogP contribution is -2.21. The van der Waals surface area contributed by atoms with Gasteiger partial charge in [-0.05, 0) is 24.1 Å². The van der Waals surface area contributed by atoms with Crippen LogP contribution in [0.2, 0.25) is 0 Å². The summed E-state index contributed by atoms with van der Waals surface area (Å²) in [7, 11) is 0. The van der Waals surface area contributed by atoms with Crippen molar-refractivity contribution in [3.05, 3.63) is 64.2 Å². The number of phenols is 3. The average Bonchev–Trinajstić information content (AvgIpc) is 2.62. The van der Waals surface area contributed by atoms with E-state index in [0.29, 0.717) is 22.8 Å². The van der Waals surface area contributed by atoms with Crippen LogP contribution in [0, 0.1) is 0 Å². The number of hydrogen-bond acceptors (Lipinski definition) is 5. The summed E-state index contributed by atoms with van der Waals surface area (Å²) in [5.74, 6) is -1.73. The fourth-order valence-electron chi connectivity index (χ4n) is 3.60. The van der Waals surface area contributed by atoms with Gasteiger partial charge in [0.1, 0.15) is 17.2 Å². The molecule has 0 unspecified atom stereocenters. The molecule has 0 saturated heterocycles. The molecule has 26 heavy (non-hydrogen) atoms. The Balaban J connectivity index is 2.07. The monoisotopic (exact) mass is 348 g/mol. The van der Waals surface area contributed by atoms with Gasteiger partial charge in [0, 0.05) is 21.9 Å². The fourth-order valence-corrected chi connectivity index (χ4v) is 3.60. The van der Waals surface area contributed by atoms with Gasteiger partial charge in [0.25, 0.3) is 0 Å². The largest absolute Gasteiger partial charge is 0.507 e. The van der Waals surface area contributed by atoms with Crippen LogP contribution in [0.3, 0.4) is 0 Å². The molecular weight excluding hydrogens is 332 g/mol. The van der Waals surface area contributed by atoms with Crippen LogP contribution >= 0.6 is 0 Å². The summed E-state index contributed by atoms with van der Waals surface area (Å²) in [6.07, 6.45) is 1.49. The molecule has 3 aromatic rings. The first kappa shape index (κ1) is 16.1. The number of aromatic hydroxyl groups is 3. The standard InChI is InChI=1S/C21H16O5/c1-2-4-10-7-8-11-13(18(10)23)9-14-17(20(11)25)21(26)16-12(19(14)24)5-3-6-15(16)22/h3,5-9,22-23,25H,2,4H2,1H3. The van der Waals surface area contributed by atoms with Gasteiger partial charge >= 0.3 is 0 Å². The van der Waals surface area contributed by atoms with E-state index < -0.39 is 11.6 Å². The molecule has 4 rings (SSSR count). The highest BCUT2D eigenvalue weighted by atomic mass is 16.3. The summed E-state index contributed by atoms with van der Waals surface area (Å²) < 4.78 is 0. The summed E-state index contributed by atoms with van der Waals surface area (Å²) in [5.41, 5.74) is 0.588. The Hall–Kier alpha value is -3.34. The van der Waals surface area contributed by atoms with Gasteiger partial charge in [0.15, 0.2) is 5.78 Å². The first-order chi connectivity index (χ1) is 12.5. The Morgan fingerprint density at radius 1 is 0.808 bits per heavy atom. The molecule has 3 aromatic carbocycles. The number of rotatable bonds is 2. The molecule has 1 aliphatic carbocycles. The number of carbonyl (C=O) groups is 2. The third kappa shape index (κ3) is 2.03. The van der Waals surface area contributed by atoms with Crippen molar-refractivity contribution in [2.45, 2.75) is 19.8 Å². The maximum Gasteiger partial charge on any atom is 0.201 e. The van der Waals surface area contributed by atoms with Gasteiger partial charge in [0.05, 0.1) is 11.1 Å². The zero-order valence-corrected chi connectivity index (χ0v) is 14.0. The molecule has 0 amide bonds.